The van der Waals surface area contributed by atoms with Crippen LogP contribution in [0, 0.1) is 0 Å². The Hall–Kier alpha value is -0.120. The molecule has 0 radical (unpaired) electrons. The van der Waals surface area contributed by atoms with Gasteiger partial charge in [0.15, 0.2) is 0 Å². The lowest BCUT2D eigenvalue weighted by molar-refractivity contribution is 0.0108. The number of nitrogens with one attached hydrogen (secondary N) is 1. The maximum atomic E-state index is 5.91. The van der Waals surface area contributed by atoms with Gasteiger partial charge in [0.05, 0.1) is 6.10 Å². The van der Waals surface area contributed by atoms with Gasteiger partial charge in [-0.2, -0.15) is 0 Å². The third-order valence-corrected chi connectivity index (χ3v) is 3.44. The van der Waals surface area contributed by atoms with Crippen molar-refractivity contribution >= 4 is 0 Å². The highest BCUT2D eigenvalue weighted by atomic mass is 16.5. The molecule has 0 aromatic rings. The Kier molecular flexibility index (Phi) is 8.67. The van der Waals surface area contributed by atoms with E-state index < -0.39 is 0 Å². The smallest absolute Gasteiger partial charge is 0.0599 e. The molecule has 1 saturated heterocycles. The number of hydrogen-bond donors (Lipinski definition) is 1. The van der Waals surface area contributed by atoms with Gasteiger partial charge in [0.1, 0.15) is 0 Å². The first-order valence-corrected chi connectivity index (χ1v) is 7.33. The highest BCUT2D eigenvalue weighted by molar-refractivity contribution is 4.69. The zero-order valence-corrected chi connectivity index (χ0v) is 11.7. The predicted octanol–water partition coefficient (Wildman–Crippen LogP) is 2.27. The van der Waals surface area contributed by atoms with Gasteiger partial charge in [-0.1, -0.05) is 6.92 Å². The molecular formula is C14H30N2O. The number of ether oxygens (including phenoxy) is 1. The molecule has 0 atom stereocenters. The van der Waals surface area contributed by atoms with Gasteiger partial charge in [-0.05, 0) is 58.7 Å². The van der Waals surface area contributed by atoms with Crippen LogP contribution in [-0.4, -0.2) is 50.8 Å². The molecule has 1 fully saturated rings. The molecule has 0 unspecified atom stereocenters. The van der Waals surface area contributed by atoms with Crippen LogP contribution in [-0.2, 0) is 4.74 Å². The lowest BCUT2D eigenvalue weighted by Gasteiger charge is -2.28. The summed E-state index contributed by atoms with van der Waals surface area (Å²) < 4.78 is 5.91. The molecule has 1 aliphatic rings. The number of unbranched alkanes of at least 4 members (excludes halogenated alkanes) is 2. The first-order chi connectivity index (χ1) is 8.33. The lowest BCUT2D eigenvalue weighted by atomic mass is 10.1. The van der Waals surface area contributed by atoms with Crippen LogP contribution in [0.25, 0.3) is 0 Å². The minimum Gasteiger partial charge on any atom is -0.378 e. The van der Waals surface area contributed by atoms with E-state index in [-0.39, 0.29) is 0 Å². The Morgan fingerprint density at radius 1 is 1.12 bits per heavy atom. The van der Waals surface area contributed by atoms with Crippen molar-refractivity contribution in [1.82, 2.24) is 10.2 Å². The van der Waals surface area contributed by atoms with E-state index in [0.717, 1.165) is 13.2 Å². The Balaban J connectivity index is 1.81. The summed E-state index contributed by atoms with van der Waals surface area (Å²) in [4.78, 5) is 2.39. The predicted molar refractivity (Wildman–Crippen MR) is 73.5 cm³/mol. The van der Waals surface area contributed by atoms with Crippen molar-refractivity contribution in [3.05, 3.63) is 0 Å². The summed E-state index contributed by atoms with van der Waals surface area (Å²) in [5, 5.41) is 3.43. The fourth-order valence-corrected chi connectivity index (χ4v) is 2.23. The third kappa shape index (κ3) is 7.74. The van der Waals surface area contributed by atoms with Gasteiger partial charge < -0.3 is 15.0 Å². The molecule has 0 bridgehead atoms. The van der Waals surface area contributed by atoms with E-state index in [9.17, 15) is 0 Å². The average molecular weight is 242 g/mol. The van der Waals surface area contributed by atoms with Crippen LogP contribution in [0.15, 0.2) is 0 Å². The zero-order chi connectivity index (χ0) is 12.3. The third-order valence-electron chi connectivity index (χ3n) is 3.44. The quantitative estimate of drug-likeness (QED) is 0.628. The van der Waals surface area contributed by atoms with Crippen LogP contribution < -0.4 is 5.32 Å². The first kappa shape index (κ1) is 14.9. The Labute approximate surface area is 107 Å². The molecule has 3 nitrogen and oxygen atoms in total. The first-order valence-electron chi connectivity index (χ1n) is 7.33. The van der Waals surface area contributed by atoms with Crippen molar-refractivity contribution in [3.63, 3.8) is 0 Å². The van der Waals surface area contributed by atoms with Crippen molar-refractivity contribution in [3.8, 4) is 0 Å². The minimum absolute atomic E-state index is 0.532. The van der Waals surface area contributed by atoms with E-state index in [0.29, 0.717) is 6.10 Å². The summed E-state index contributed by atoms with van der Waals surface area (Å²) >= 11 is 0. The molecule has 0 aliphatic carbocycles. The molecule has 0 aromatic heterocycles. The normalized spacial score (nSPS) is 18.7. The summed E-state index contributed by atoms with van der Waals surface area (Å²) in [6.07, 6.45) is 8.01. The van der Waals surface area contributed by atoms with Crippen molar-refractivity contribution < 1.29 is 4.74 Å². The molecule has 0 amide bonds. The molecule has 0 spiro atoms. The molecular weight excluding hydrogens is 212 g/mol. The average Bonchev–Trinajstić information content (AvgIpc) is 2.35. The van der Waals surface area contributed by atoms with E-state index in [1.165, 1.54) is 58.2 Å². The maximum absolute atomic E-state index is 5.91. The molecule has 1 heterocycles. The molecule has 0 saturated carbocycles. The van der Waals surface area contributed by atoms with Gasteiger partial charge in [0, 0.05) is 19.7 Å². The topological polar surface area (TPSA) is 24.5 Å². The summed E-state index contributed by atoms with van der Waals surface area (Å²) in [7, 11) is 2.19. The monoisotopic (exact) mass is 242 g/mol. The Bertz CT molecular complexity index is 168. The standard InChI is InChI=1S/C14H30N2O/c1-3-9-15-10-5-4-6-13-17-14-7-11-16(2)12-8-14/h14-15H,3-13H2,1-2H3. The largest absolute Gasteiger partial charge is 0.378 e. The van der Waals surface area contributed by atoms with Crippen molar-refractivity contribution in [2.75, 3.05) is 39.8 Å². The number of hydrogen-bond acceptors (Lipinski definition) is 3. The van der Waals surface area contributed by atoms with Gasteiger partial charge in [-0.15, -0.1) is 0 Å². The highest BCUT2D eigenvalue weighted by Gasteiger charge is 2.16. The van der Waals surface area contributed by atoms with Crippen LogP contribution in [0.3, 0.4) is 0 Å². The molecule has 3 heteroatoms. The van der Waals surface area contributed by atoms with Crippen LogP contribution in [0.2, 0.25) is 0 Å². The second-order valence-corrected chi connectivity index (χ2v) is 5.18. The molecule has 17 heavy (non-hydrogen) atoms. The van der Waals surface area contributed by atoms with Gasteiger partial charge in [0.2, 0.25) is 0 Å². The number of likely N-dealkylation sites (tertiary alicyclic amines) is 1. The van der Waals surface area contributed by atoms with E-state index in [1.54, 1.807) is 0 Å². The Morgan fingerprint density at radius 3 is 2.59 bits per heavy atom. The zero-order valence-electron chi connectivity index (χ0n) is 11.7. The number of rotatable bonds is 9. The molecule has 0 aromatic carbocycles. The van der Waals surface area contributed by atoms with Gasteiger partial charge >= 0.3 is 0 Å². The van der Waals surface area contributed by atoms with Crippen LogP contribution in [0.5, 0.6) is 0 Å². The maximum Gasteiger partial charge on any atom is 0.0599 e. The Morgan fingerprint density at radius 2 is 1.88 bits per heavy atom. The second kappa shape index (κ2) is 9.86. The van der Waals surface area contributed by atoms with Crippen molar-refractivity contribution in [2.24, 2.45) is 0 Å². The number of piperidine rings is 1. The SMILES string of the molecule is CCCNCCCCCOC1CCN(C)CC1. The van der Waals surface area contributed by atoms with Gasteiger partial charge in [-0.25, -0.2) is 0 Å². The van der Waals surface area contributed by atoms with E-state index in [1.807, 2.05) is 0 Å². The summed E-state index contributed by atoms with van der Waals surface area (Å²) in [6, 6.07) is 0. The molecule has 1 N–H and O–H groups in total. The highest BCUT2D eigenvalue weighted by Crippen LogP contribution is 2.12. The van der Waals surface area contributed by atoms with Crippen LogP contribution >= 0.6 is 0 Å². The van der Waals surface area contributed by atoms with Crippen LogP contribution in [0.1, 0.15) is 45.4 Å². The fourth-order valence-electron chi connectivity index (χ4n) is 2.23. The van der Waals surface area contributed by atoms with Crippen LogP contribution in [0.4, 0.5) is 0 Å². The van der Waals surface area contributed by atoms with Gasteiger partial charge in [-0.3, -0.25) is 0 Å². The van der Waals surface area contributed by atoms with E-state index in [2.05, 4.69) is 24.2 Å². The second-order valence-electron chi connectivity index (χ2n) is 5.18. The summed E-state index contributed by atoms with van der Waals surface area (Å²) in [5.74, 6) is 0. The minimum atomic E-state index is 0.532. The summed E-state index contributed by atoms with van der Waals surface area (Å²) in [6.45, 7) is 7.90. The molecule has 1 rings (SSSR count). The summed E-state index contributed by atoms with van der Waals surface area (Å²) in [5.41, 5.74) is 0. The van der Waals surface area contributed by atoms with Crippen molar-refractivity contribution in [1.29, 1.82) is 0 Å². The molecule has 102 valence electrons. The lowest BCUT2D eigenvalue weighted by Crippen LogP contribution is -2.34. The molecule has 1 aliphatic heterocycles. The number of nitrogens with zero attached hydrogens (tertiary/aromatic N) is 1. The van der Waals surface area contributed by atoms with E-state index in [4.69, 9.17) is 4.74 Å². The van der Waals surface area contributed by atoms with Crippen molar-refractivity contribution in [2.45, 2.75) is 51.6 Å². The fraction of sp³-hybridized carbons (Fsp3) is 1.00. The van der Waals surface area contributed by atoms with E-state index >= 15 is 0 Å². The van der Waals surface area contributed by atoms with Gasteiger partial charge in [0.25, 0.3) is 0 Å².